The van der Waals surface area contributed by atoms with Gasteiger partial charge in [0.15, 0.2) is 0 Å². The van der Waals surface area contributed by atoms with E-state index in [4.69, 9.17) is 5.73 Å². The average Bonchev–Trinajstić information content (AvgIpc) is 2.40. The molecule has 2 aromatic carbocycles. The Labute approximate surface area is 117 Å². The Balaban J connectivity index is 2.28. The molecule has 2 N–H and O–H groups in total. The van der Waals surface area contributed by atoms with Crippen LogP contribution in [0.4, 0.5) is 0 Å². The fourth-order valence-electron chi connectivity index (χ4n) is 1.71. The molecule has 96 valence electrons. The molecule has 0 unspecified atom stereocenters. The van der Waals surface area contributed by atoms with Gasteiger partial charge in [0.25, 0.3) is 0 Å². The number of primary amides is 1. The number of hydrogen-bond acceptors (Lipinski definition) is 2. The molecular weight excluding hydrogens is 254 g/mol. The smallest absolute Gasteiger partial charge is 0.249 e. The van der Waals surface area contributed by atoms with Crippen molar-refractivity contribution in [2.75, 3.05) is 0 Å². The van der Waals surface area contributed by atoms with Crippen molar-refractivity contribution >= 4 is 23.2 Å². The number of amides is 1. The van der Waals surface area contributed by atoms with Crippen molar-refractivity contribution in [3.05, 3.63) is 71.1 Å². The van der Waals surface area contributed by atoms with Gasteiger partial charge in [-0.2, -0.15) is 0 Å². The number of benzene rings is 2. The van der Waals surface area contributed by atoms with Gasteiger partial charge in [-0.3, -0.25) is 4.79 Å². The summed E-state index contributed by atoms with van der Waals surface area (Å²) in [7, 11) is 0. The third-order valence-corrected chi connectivity index (χ3v) is 3.55. The van der Waals surface area contributed by atoms with Crippen LogP contribution < -0.4 is 5.73 Å². The minimum absolute atomic E-state index is 0.408. The average molecular weight is 269 g/mol. The first-order chi connectivity index (χ1) is 9.16. The number of rotatable bonds is 4. The molecule has 0 aromatic heterocycles. The second-order valence-corrected chi connectivity index (χ2v) is 5.14. The third kappa shape index (κ3) is 3.73. The van der Waals surface area contributed by atoms with Gasteiger partial charge in [-0.15, -0.1) is 0 Å². The minimum atomic E-state index is -0.408. The zero-order valence-electron chi connectivity index (χ0n) is 10.7. The van der Waals surface area contributed by atoms with E-state index >= 15 is 0 Å². The monoisotopic (exact) mass is 269 g/mol. The van der Waals surface area contributed by atoms with E-state index in [1.54, 1.807) is 0 Å². The molecule has 2 aromatic rings. The maximum atomic E-state index is 11.6. The highest BCUT2D eigenvalue weighted by molar-refractivity contribution is 8.02. The van der Waals surface area contributed by atoms with Gasteiger partial charge >= 0.3 is 0 Å². The summed E-state index contributed by atoms with van der Waals surface area (Å²) in [5.41, 5.74) is 7.97. The van der Waals surface area contributed by atoms with E-state index in [1.807, 2.05) is 66.9 Å². The van der Waals surface area contributed by atoms with Crippen LogP contribution in [0.3, 0.4) is 0 Å². The van der Waals surface area contributed by atoms with E-state index in [0.29, 0.717) is 5.57 Å². The highest BCUT2D eigenvalue weighted by atomic mass is 32.2. The van der Waals surface area contributed by atoms with E-state index in [9.17, 15) is 4.79 Å². The van der Waals surface area contributed by atoms with Crippen LogP contribution in [-0.2, 0) is 4.79 Å². The van der Waals surface area contributed by atoms with E-state index in [2.05, 4.69) is 0 Å². The molecule has 0 heterocycles. The summed E-state index contributed by atoms with van der Waals surface area (Å²) in [6.45, 7) is 1.99. The molecule has 2 rings (SSSR count). The maximum Gasteiger partial charge on any atom is 0.249 e. The molecule has 0 aliphatic heterocycles. The lowest BCUT2D eigenvalue weighted by molar-refractivity contribution is -0.112. The SMILES string of the molecule is Cc1cccc(C(=CSc2ccccc2)C(N)=O)c1. The largest absolute Gasteiger partial charge is 0.366 e. The number of thioether (sulfide) groups is 1. The lowest BCUT2D eigenvalue weighted by Gasteiger charge is -2.05. The van der Waals surface area contributed by atoms with Crippen LogP contribution in [0, 0.1) is 6.92 Å². The quantitative estimate of drug-likeness (QED) is 0.680. The Morgan fingerprint density at radius 1 is 1.11 bits per heavy atom. The van der Waals surface area contributed by atoms with Gasteiger partial charge in [0.1, 0.15) is 0 Å². The fraction of sp³-hybridized carbons (Fsp3) is 0.0625. The van der Waals surface area contributed by atoms with Gasteiger partial charge in [0.2, 0.25) is 5.91 Å². The Kier molecular flexibility index (Phi) is 4.42. The molecular formula is C16H15NOS. The summed E-state index contributed by atoms with van der Waals surface area (Å²) >= 11 is 1.49. The van der Waals surface area contributed by atoms with Crippen LogP contribution in [0.2, 0.25) is 0 Å². The van der Waals surface area contributed by atoms with Crippen LogP contribution in [0.25, 0.3) is 5.57 Å². The van der Waals surface area contributed by atoms with Crippen molar-refractivity contribution in [3.8, 4) is 0 Å². The number of carbonyl (C=O) groups is 1. The fourth-order valence-corrected chi connectivity index (χ4v) is 2.53. The van der Waals surface area contributed by atoms with Crippen molar-refractivity contribution in [1.82, 2.24) is 0 Å². The van der Waals surface area contributed by atoms with Crippen LogP contribution in [-0.4, -0.2) is 5.91 Å². The zero-order valence-corrected chi connectivity index (χ0v) is 11.5. The molecule has 0 aliphatic rings. The molecule has 0 saturated carbocycles. The third-order valence-electron chi connectivity index (χ3n) is 2.65. The molecule has 0 fully saturated rings. The number of carbonyl (C=O) groups excluding carboxylic acids is 1. The van der Waals surface area contributed by atoms with Crippen LogP contribution in [0.1, 0.15) is 11.1 Å². The Morgan fingerprint density at radius 3 is 2.47 bits per heavy atom. The summed E-state index contributed by atoms with van der Waals surface area (Å²) in [6, 6.07) is 17.7. The van der Waals surface area contributed by atoms with Gasteiger partial charge in [-0.05, 0) is 30.0 Å². The first kappa shape index (κ1) is 13.4. The van der Waals surface area contributed by atoms with E-state index in [1.165, 1.54) is 11.8 Å². The topological polar surface area (TPSA) is 43.1 Å². The van der Waals surface area contributed by atoms with E-state index in [-0.39, 0.29) is 0 Å². The Bertz CT molecular complexity index is 605. The van der Waals surface area contributed by atoms with Crippen LogP contribution in [0.15, 0.2) is 64.9 Å². The summed E-state index contributed by atoms with van der Waals surface area (Å²) in [5, 5.41) is 1.81. The van der Waals surface area contributed by atoms with Gasteiger partial charge < -0.3 is 5.73 Å². The standard InChI is InChI=1S/C16H15NOS/c1-12-6-5-7-13(10-12)15(16(17)18)11-19-14-8-3-2-4-9-14/h2-11H,1H3,(H2,17,18). The van der Waals surface area contributed by atoms with Gasteiger partial charge in [-0.1, -0.05) is 59.8 Å². The minimum Gasteiger partial charge on any atom is -0.366 e. The number of nitrogens with two attached hydrogens (primary N) is 1. The van der Waals surface area contributed by atoms with Crippen molar-refractivity contribution in [1.29, 1.82) is 0 Å². The van der Waals surface area contributed by atoms with Crippen LogP contribution in [0.5, 0.6) is 0 Å². The van der Waals surface area contributed by atoms with Crippen molar-refractivity contribution < 1.29 is 4.79 Å². The summed E-state index contributed by atoms with van der Waals surface area (Å²) in [6.07, 6.45) is 0. The summed E-state index contributed by atoms with van der Waals surface area (Å²) in [5.74, 6) is -0.408. The lowest BCUT2D eigenvalue weighted by Crippen LogP contribution is -2.12. The maximum absolute atomic E-state index is 11.6. The van der Waals surface area contributed by atoms with Gasteiger partial charge in [-0.25, -0.2) is 0 Å². The highest BCUT2D eigenvalue weighted by Crippen LogP contribution is 2.24. The van der Waals surface area contributed by atoms with Gasteiger partial charge in [0.05, 0.1) is 5.57 Å². The van der Waals surface area contributed by atoms with Crippen molar-refractivity contribution in [3.63, 3.8) is 0 Å². The zero-order chi connectivity index (χ0) is 13.7. The van der Waals surface area contributed by atoms with Gasteiger partial charge in [0, 0.05) is 4.90 Å². The molecule has 19 heavy (non-hydrogen) atoms. The van der Waals surface area contributed by atoms with Crippen molar-refractivity contribution in [2.45, 2.75) is 11.8 Å². The summed E-state index contributed by atoms with van der Waals surface area (Å²) in [4.78, 5) is 12.7. The molecule has 0 radical (unpaired) electrons. The highest BCUT2D eigenvalue weighted by Gasteiger charge is 2.08. The Hall–Kier alpha value is -2.00. The molecule has 0 saturated heterocycles. The molecule has 3 heteroatoms. The summed E-state index contributed by atoms with van der Waals surface area (Å²) < 4.78 is 0. The second-order valence-electron chi connectivity index (χ2n) is 4.20. The first-order valence-corrected chi connectivity index (χ1v) is 6.83. The molecule has 0 atom stereocenters. The molecule has 0 aliphatic carbocycles. The van der Waals surface area contributed by atoms with Crippen LogP contribution >= 0.6 is 11.8 Å². The molecule has 1 amide bonds. The van der Waals surface area contributed by atoms with E-state index < -0.39 is 5.91 Å². The predicted octanol–water partition coefficient (Wildman–Crippen LogP) is 3.61. The number of aryl methyl sites for hydroxylation is 1. The second kappa shape index (κ2) is 6.25. The first-order valence-electron chi connectivity index (χ1n) is 5.95. The molecule has 0 bridgehead atoms. The predicted molar refractivity (Wildman–Crippen MR) is 80.6 cm³/mol. The van der Waals surface area contributed by atoms with Crippen molar-refractivity contribution in [2.24, 2.45) is 5.73 Å². The molecule has 2 nitrogen and oxygen atoms in total. The normalized spacial score (nSPS) is 11.3. The van der Waals surface area contributed by atoms with E-state index in [0.717, 1.165) is 16.0 Å². The Morgan fingerprint density at radius 2 is 1.84 bits per heavy atom. The lowest BCUT2D eigenvalue weighted by atomic mass is 10.1. The number of hydrogen-bond donors (Lipinski definition) is 1. The molecule has 0 spiro atoms.